The van der Waals surface area contributed by atoms with Crippen LogP contribution in [0.4, 0.5) is 0 Å². The molecule has 0 bridgehead atoms. The van der Waals surface area contributed by atoms with Gasteiger partial charge in [-0.05, 0) is 65.6 Å². The lowest BCUT2D eigenvalue weighted by molar-refractivity contribution is -0.0153. The van der Waals surface area contributed by atoms with Gasteiger partial charge in [0.15, 0.2) is 0 Å². The molecule has 0 aliphatic carbocycles. The Morgan fingerprint density at radius 3 is 1.77 bits per heavy atom. The Hall–Kier alpha value is 0.114. The van der Waals surface area contributed by atoms with Gasteiger partial charge in [0.1, 0.15) is 5.22 Å². The van der Waals surface area contributed by atoms with Crippen LogP contribution in [0, 0.1) is 0 Å². The molecule has 0 saturated carbocycles. The van der Waals surface area contributed by atoms with Crippen molar-refractivity contribution in [1.82, 2.24) is 0 Å². The van der Waals surface area contributed by atoms with Crippen molar-refractivity contribution < 1.29 is 26.9 Å². The second-order valence-electron chi connectivity index (χ2n) is 7.33. The van der Waals surface area contributed by atoms with Crippen molar-refractivity contribution >= 4 is 17.4 Å². The predicted octanol–water partition coefficient (Wildman–Crippen LogP) is 2.95. The number of hydrogen-bond acceptors (Lipinski definition) is 8. The maximum atomic E-state index is 5.83. The molecule has 1 unspecified atom stereocenters. The minimum absolute atomic E-state index is 0.200. The molecule has 0 amide bonds. The summed E-state index contributed by atoms with van der Waals surface area (Å²) in [5.41, 5.74) is 11.1. The molecule has 0 spiro atoms. The lowest BCUT2D eigenvalue weighted by Crippen LogP contribution is -2.64. The van der Waals surface area contributed by atoms with Gasteiger partial charge in [-0.2, -0.15) is 0 Å². The van der Waals surface area contributed by atoms with Gasteiger partial charge >= 0.3 is 17.4 Å². The highest BCUT2D eigenvalue weighted by atomic mass is 28.4. The van der Waals surface area contributed by atoms with Crippen LogP contribution in [0.25, 0.3) is 0 Å². The number of rotatable bonds is 15. The van der Waals surface area contributed by atoms with E-state index in [-0.39, 0.29) is 5.22 Å². The summed E-state index contributed by atoms with van der Waals surface area (Å²) in [5, 5.41) is -0.200. The fraction of sp³-hybridized carbons (Fsp3) is 1.00. The van der Waals surface area contributed by atoms with E-state index in [0.717, 1.165) is 37.8 Å². The third kappa shape index (κ3) is 8.57. The molecule has 30 heavy (non-hydrogen) atoms. The molecule has 182 valence electrons. The Morgan fingerprint density at radius 1 is 0.833 bits per heavy atom. The maximum absolute atomic E-state index is 5.83. The largest absolute Gasteiger partial charge is 0.500 e. The van der Waals surface area contributed by atoms with Crippen molar-refractivity contribution in [3.8, 4) is 0 Å². The van der Waals surface area contributed by atoms with E-state index < -0.39 is 17.4 Å². The van der Waals surface area contributed by atoms with Crippen molar-refractivity contribution in [2.75, 3.05) is 54.2 Å². The first-order chi connectivity index (χ1) is 14.4. The zero-order valence-corrected chi connectivity index (χ0v) is 22.3. The predicted molar refractivity (Wildman–Crippen MR) is 126 cm³/mol. The van der Waals surface area contributed by atoms with Crippen LogP contribution in [0.3, 0.4) is 0 Å². The Morgan fingerprint density at radius 2 is 1.37 bits per heavy atom. The summed E-state index contributed by atoms with van der Waals surface area (Å²) in [6.45, 7) is 9.14. The summed E-state index contributed by atoms with van der Waals surface area (Å²) in [5.74, 6) is 0. The second kappa shape index (κ2) is 16.7. The van der Waals surface area contributed by atoms with Crippen molar-refractivity contribution in [2.24, 2.45) is 11.5 Å². The maximum Gasteiger partial charge on any atom is 0.500 e. The van der Waals surface area contributed by atoms with E-state index >= 15 is 0 Å². The monoisotopic (exact) mass is 468 g/mol. The summed E-state index contributed by atoms with van der Waals surface area (Å²) in [6, 6.07) is 1.84. The molecule has 1 aliphatic rings. The fourth-order valence-corrected chi connectivity index (χ4v) is 10.8. The van der Waals surface area contributed by atoms with E-state index in [2.05, 4.69) is 0 Å². The highest BCUT2D eigenvalue weighted by Crippen LogP contribution is 2.42. The molecular weight excluding hydrogens is 420 g/mol. The van der Waals surface area contributed by atoms with Crippen molar-refractivity contribution in [3.05, 3.63) is 0 Å². The smallest absolute Gasteiger partial charge is 0.396 e. The molecule has 4 N–H and O–H groups in total. The molecule has 10 heteroatoms. The standard InChI is InChI=1S/C11H25NO3Si.C9H23NO3Si/c1-13-11(8-6-9-12)7-4-5-10-16(11,14-2)15-3;1-4-11-14(12-5-2,13-6-3)9-7-8-10/h4-10,12H2,1-3H3;4-10H2,1-3H3. The molecule has 0 aromatic rings. The molecule has 0 aromatic carbocycles. The lowest BCUT2D eigenvalue weighted by atomic mass is 10.1. The van der Waals surface area contributed by atoms with Crippen LogP contribution >= 0.6 is 0 Å². The molecule has 1 fully saturated rings. The lowest BCUT2D eigenvalue weighted by Gasteiger charge is -2.48. The third-order valence-electron chi connectivity index (χ3n) is 5.65. The van der Waals surface area contributed by atoms with Gasteiger partial charge in [-0.3, -0.25) is 0 Å². The van der Waals surface area contributed by atoms with Crippen LogP contribution in [0.15, 0.2) is 0 Å². The van der Waals surface area contributed by atoms with Gasteiger partial charge < -0.3 is 38.3 Å². The minimum atomic E-state index is -2.40. The second-order valence-corrected chi connectivity index (χ2v) is 13.8. The summed E-state index contributed by atoms with van der Waals surface area (Å²) >= 11 is 0. The summed E-state index contributed by atoms with van der Waals surface area (Å²) in [6.07, 6.45) is 6.23. The first-order valence-corrected chi connectivity index (χ1v) is 15.4. The van der Waals surface area contributed by atoms with E-state index in [0.29, 0.717) is 32.9 Å². The number of ether oxygens (including phenoxy) is 1. The topological polar surface area (TPSA) is 107 Å². The van der Waals surface area contributed by atoms with Crippen molar-refractivity contribution in [3.63, 3.8) is 0 Å². The van der Waals surface area contributed by atoms with Gasteiger partial charge in [0, 0.05) is 47.2 Å². The quantitative estimate of drug-likeness (QED) is 0.353. The SMILES string of the molecule is CCO[Si](CCCN)(OCC)OCC.COC1(CCCN)CCCC[Si]1(OC)OC. The molecule has 1 heterocycles. The van der Waals surface area contributed by atoms with Gasteiger partial charge in [-0.15, -0.1) is 0 Å². The zero-order chi connectivity index (χ0) is 22.9. The minimum Gasteiger partial charge on any atom is -0.396 e. The third-order valence-corrected chi connectivity index (χ3v) is 13.2. The molecule has 1 saturated heterocycles. The van der Waals surface area contributed by atoms with Crippen molar-refractivity contribution in [2.45, 2.75) is 76.6 Å². The number of methoxy groups -OCH3 is 1. The molecule has 8 nitrogen and oxygen atoms in total. The van der Waals surface area contributed by atoms with Crippen LogP contribution in [0.2, 0.25) is 12.1 Å². The molecular formula is C20H48N2O6Si2. The van der Waals surface area contributed by atoms with E-state index in [1.54, 1.807) is 21.3 Å². The van der Waals surface area contributed by atoms with Gasteiger partial charge in [-0.25, -0.2) is 0 Å². The van der Waals surface area contributed by atoms with E-state index in [1.807, 2.05) is 20.8 Å². The van der Waals surface area contributed by atoms with E-state index in [1.165, 1.54) is 12.8 Å². The average molecular weight is 469 g/mol. The first-order valence-electron chi connectivity index (χ1n) is 11.4. The Balaban J connectivity index is 0.000000567. The Kier molecular flexibility index (Phi) is 16.8. The highest BCUT2D eigenvalue weighted by Gasteiger charge is 2.58. The summed E-state index contributed by atoms with van der Waals surface area (Å²) in [7, 11) is 0.680. The fourth-order valence-electron chi connectivity index (χ4n) is 4.23. The Labute approximate surface area is 186 Å². The van der Waals surface area contributed by atoms with Gasteiger partial charge in [0.05, 0.1) is 0 Å². The average Bonchev–Trinajstić information content (AvgIpc) is 2.77. The van der Waals surface area contributed by atoms with Crippen molar-refractivity contribution in [1.29, 1.82) is 0 Å². The number of nitrogens with two attached hydrogens (primary N) is 2. The number of hydrogen-bond donors (Lipinski definition) is 2. The molecule has 0 aromatic heterocycles. The summed E-state index contributed by atoms with van der Waals surface area (Å²) in [4.78, 5) is 0. The van der Waals surface area contributed by atoms with Gasteiger partial charge in [-0.1, -0.05) is 12.8 Å². The van der Waals surface area contributed by atoms with Gasteiger partial charge in [0.2, 0.25) is 0 Å². The van der Waals surface area contributed by atoms with Crippen LogP contribution in [-0.4, -0.2) is 76.8 Å². The highest BCUT2D eigenvalue weighted by molar-refractivity contribution is 6.70. The van der Waals surface area contributed by atoms with Crippen LogP contribution in [0.1, 0.15) is 59.3 Å². The van der Waals surface area contributed by atoms with Crippen LogP contribution in [-0.2, 0) is 26.9 Å². The van der Waals surface area contributed by atoms with E-state index in [4.69, 9.17) is 38.3 Å². The van der Waals surface area contributed by atoms with Crippen LogP contribution in [0.5, 0.6) is 0 Å². The van der Waals surface area contributed by atoms with Gasteiger partial charge in [0.25, 0.3) is 0 Å². The van der Waals surface area contributed by atoms with E-state index in [9.17, 15) is 0 Å². The van der Waals surface area contributed by atoms with Crippen LogP contribution < -0.4 is 11.5 Å². The molecule has 1 aliphatic heterocycles. The molecule has 1 rings (SSSR count). The molecule has 0 radical (unpaired) electrons. The zero-order valence-electron chi connectivity index (χ0n) is 20.3. The molecule has 1 atom stereocenters. The summed E-state index contributed by atoms with van der Waals surface area (Å²) < 4.78 is 34.4. The first kappa shape index (κ1) is 30.1. The normalized spacial score (nSPS) is 21.2. The Bertz CT molecular complexity index is 402.